The van der Waals surface area contributed by atoms with Crippen LogP contribution in [0.5, 0.6) is 0 Å². The summed E-state index contributed by atoms with van der Waals surface area (Å²) < 4.78 is 5.78. The Morgan fingerprint density at radius 3 is 3.06 bits per heavy atom. The number of hydrogen-bond donors (Lipinski definition) is 2. The fourth-order valence-corrected chi connectivity index (χ4v) is 2.21. The van der Waals surface area contributed by atoms with Crippen LogP contribution in [-0.4, -0.2) is 28.7 Å². The van der Waals surface area contributed by atoms with Gasteiger partial charge in [0.1, 0.15) is 5.82 Å². The van der Waals surface area contributed by atoms with Gasteiger partial charge in [0.05, 0.1) is 18.2 Å². The molecule has 16 heavy (non-hydrogen) atoms. The Morgan fingerprint density at radius 1 is 1.62 bits per heavy atom. The highest BCUT2D eigenvalue weighted by molar-refractivity contribution is 4.95. The lowest BCUT2D eigenvalue weighted by atomic mass is 10.1. The molecule has 0 aliphatic carbocycles. The highest BCUT2D eigenvalue weighted by atomic mass is 16.5. The summed E-state index contributed by atoms with van der Waals surface area (Å²) >= 11 is 0. The minimum atomic E-state index is 0.314. The first kappa shape index (κ1) is 11.6. The molecular formula is C12H21N3O. The molecule has 3 atom stereocenters. The monoisotopic (exact) mass is 223 g/mol. The number of aromatic nitrogens is 2. The highest BCUT2D eigenvalue weighted by Gasteiger charge is 2.22. The Morgan fingerprint density at radius 2 is 2.50 bits per heavy atom. The minimum absolute atomic E-state index is 0.314. The van der Waals surface area contributed by atoms with Gasteiger partial charge < -0.3 is 15.0 Å². The summed E-state index contributed by atoms with van der Waals surface area (Å²) in [5, 5.41) is 3.52. The van der Waals surface area contributed by atoms with Crippen LogP contribution in [0.1, 0.15) is 45.0 Å². The van der Waals surface area contributed by atoms with Crippen molar-refractivity contribution in [3.8, 4) is 0 Å². The van der Waals surface area contributed by atoms with Gasteiger partial charge in [-0.3, -0.25) is 0 Å². The molecule has 3 unspecified atom stereocenters. The van der Waals surface area contributed by atoms with E-state index in [1.54, 1.807) is 6.20 Å². The third-order valence-corrected chi connectivity index (χ3v) is 3.17. The number of ether oxygens (including phenoxy) is 1. The summed E-state index contributed by atoms with van der Waals surface area (Å²) in [6.07, 6.45) is 7.86. The average Bonchev–Trinajstić information content (AvgIpc) is 2.91. The van der Waals surface area contributed by atoms with Crippen molar-refractivity contribution in [3.05, 3.63) is 18.2 Å². The van der Waals surface area contributed by atoms with Crippen LogP contribution in [0.4, 0.5) is 0 Å². The lowest BCUT2D eigenvalue weighted by Crippen LogP contribution is -2.30. The van der Waals surface area contributed by atoms with Crippen LogP contribution in [0.15, 0.2) is 12.4 Å². The molecule has 0 radical (unpaired) electrons. The van der Waals surface area contributed by atoms with Crippen molar-refractivity contribution < 1.29 is 4.74 Å². The van der Waals surface area contributed by atoms with E-state index < -0.39 is 0 Å². The van der Waals surface area contributed by atoms with E-state index in [1.165, 1.54) is 12.8 Å². The molecule has 1 fully saturated rings. The molecule has 1 aliphatic heterocycles. The maximum atomic E-state index is 5.78. The lowest BCUT2D eigenvalue weighted by Gasteiger charge is -2.18. The first-order chi connectivity index (χ1) is 7.79. The quantitative estimate of drug-likeness (QED) is 0.803. The van der Waals surface area contributed by atoms with Gasteiger partial charge in [0.25, 0.3) is 0 Å². The Balaban J connectivity index is 1.79. The van der Waals surface area contributed by atoms with Crippen molar-refractivity contribution in [1.82, 2.24) is 15.3 Å². The van der Waals surface area contributed by atoms with E-state index in [0.29, 0.717) is 18.2 Å². The van der Waals surface area contributed by atoms with Crippen molar-refractivity contribution in [1.29, 1.82) is 0 Å². The Bertz CT molecular complexity index is 299. The molecule has 0 spiro atoms. The zero-order valence-corrected chi connectivity index (χ0v) is 10.1. The molecule has 1 saturated heterocycles. The van der Waals surface area contributed by atoms with Gasteiger partial charge >= 0.3 is 0 Å². The molecule has 90 valence electrons. The zero-order chi connectivity index (χ0) is 11.4. The number of aromatic amines is 1. The number of nitrogens with one attached hydrogen (secondary N) is 2. The Kier molecular flexibility index (Phi) is 3.96. The first-order valence-electron chi connectivity index (χ1n) is 6.17. The topological polar surface area (TPSA) is 49.9 Å². The average molecular weight is 223 g/mol. The number of hydrogen-bond acceptors (Lipinski definition) is 3. The van der Waals surface area contributed by atoms with E-state index in [4.69, 9.17) is 4.74 Å². The van der Waals surface area contributed by atoms with Crippen molar-refractivity contribution in [3.63, 3.8) is 0 Å². The van der Waals surface area contributed by atoms with E-state index in [1.807, 2.05) is 6.20 Å². The summed E-state index contributed by atoms with van der Waals surface area (Å²) in [4.78, 5) is 7.45. The van der Waals surface area contributed by atoms with Gasteiger partial charge in [-0.25, -0.2) is 4.98 Å². The van der Waals surface area contributed by atoms with Gasteiger partial charge in [-0.2, -0.15) is 0 Å². The van der Waals surface area contributed by atoms with Gasteiger partial charge in [-0.05, 0) is 26.2 Å². The maximum absolute atomic E-state index is 5.78. The van der Waals surface area contributed by atoms with E-state index >= 15 is 0 Å². The minimum Gasteiger partial charge on any atom is -0.374 e. The summed E-state index contributed by atoms with van der Waals surface area (Å²) in [7, 11) is 0. The van der Waals surface area contributed by atoms with E-state index in [2.05, 4.69) is 29.1 Å². The smallest absolute Gasteiger partial charge is 0.123 e. The molecule has 0 bridgehead atoms. The molecule has 1 aromatic heterocycles. The Labute approximate surface area is 96.8 Å². The van der Waals surface area contributed by atoms with Crippen LogP contribution in [0.25, 0.3) is 0 Å². The normalized spacial score (nSPS) is 27.1. The van der Waals surface area contributed by atoms with Crippen molar-refractivity contribution in [2.75, 3.05) is 6.54 Å². The molecule has 1 aliphatic rings. The van der Waals surface area contributed by atoms with E-state index in [-0.39, 0.29) is 0 Å². The molecule has 2 rings (SSSR count). The van der Waals surface area contributed by atoms with Gasteiger partial charge in [-0.1, -0.05) is 6.92 Å². The molecule has 1 aromatic rings. The SMILES string of the molecule is CCC(NCC1CCC(C)O1)c1ncc[nH]1. The standard InChI is InChI=1S/C12H21N3O/c1-3-11(12-13-6-7-14-12)15-8-10-5-4-9(2)16-10/h6-7,9-11,15H,3-5,8H2,1-2H3,(H,13,14). The van der Waals surface area contributed by atoms with Crippen LogP contribution in [0.2, 0.25) is 0 Å². The molecule has 2 heterocycles. The summed E-state index contributed by atoms with van der Waals surface area (Å²) in [5.74, 6) is 1.02. The number of nitrogens with zero attached hydrogens (tertiary/aromatic N) is 1. The third-order valence-electron chi connectivity index (χ3n) is 3.17. The predicted molar refractivity (Wildman–Crippen MR) is 63.2 cm³/mol. The predicted octanol–water partition coefficient (Wildman–Crippen LogP) is 2.02. The third kappa shape index (κ3) is 2.83. The second-order valence-corrected chi connectivity index (χ2v) is 4.49. The van der Waals surface area contributed by atoms with Crippen molar-refractivity contribution >= 4 is 0 Å². The largest absolute Gasteiger partial charge is 0.374 e. The molecule has 0 aromatic carbocycles. The van der Waals surface area contributed by atoms with Gasteiger partial charge in [0.2, 0.25) is 0 Å². The highest BCUT2D eigenvalue weighted by Crippen LogP contribution is 2.19. The summed E-state index contributed by atoms with van der Waals surface area (Å²) in [6, 6.07) is 0.314. The molecule has 0 saturated carbocycles. The van der Waals surface area contributed by atoms with E-state index in [9.17, 15) is 0 Å². The van der Waals surface area contributed by atoms with Crippen LogP contribution in [0, 0.1) is 0 Å². The van der Waals surface area contributed by atoms with Gasteiger partial charge in [0, 0.05) is 18.9 Å². The zero-order valence-electron chi connectivity index (χ0n) is 10.1. The molecular weight excluding hydrogens is 202 g/mol. The second-order valence-electron chi connectivity index (χ2n) is 4.49. The van der Waals surface area contributed by atoms with Gasteiger partial charge in [-0.15, -0.1) is 0 Å². The first-order valence-corrected chi connectivity index (χ1v) is 6.17. The lowest BCUT2D eigenvalue weighted by molar-refractivity contribution is 0.0541. The Hall–Kier alpha value is -0.870. The fraction of sp³-hybridized carbons (Fsp3) is 0.750. The van der Waals surface area contributed by atoms with Crippen molar-refractivity contribution in [2.45, 2.75) is 51.4 Å². The van der Waals surface area contributed by atoms with Crippen LogP contribution < -0.4 is 5.32 Å². The molecule has 4 heteroatoms. The van der Waals surface area contributed by atoms with Crippen molar-refractivity contribution in [2.24, 2.45) is 0 Å². The molecule has 2 N–H and O–H groups in total. The number of imidazole rings is 1. The maximum Gasteiger partial charge on any atom is 0.123 e. The van der Waals surface area contributed by atoms with Crippen LogP contribution in [0.3, 0.4) is 0 Å². The second kappa shape index (κ2) is 5.46. The molecule has 4 nitrogen and oxygen atoms in total. The van der Waals surface area contributed by atoms with Gasteiger partial charge in [0.15, 0.2) is 0 Å². The summed E-state index contributed by atoms with van der Waals surface area (Å²) in [5.41, 5.74) is 0. The molecule has 0 amide bonds. The number of H-pyrrole nitrogens is 1. The van der Waals surface area contributed by atoms with Crippen LogP contribution in [-0.2, 0) is 4.74 Å². The van der Waals surface area contributed by atoms with Crippen LogP contribution >= 0.6 is 0 Å². The fourth-order valence-electron chi connectivity index (χ4n) is 2.21. The number of rotatable bonds is 5. The van der Waals surface area contributed by atoms with E-state index in [0.717, 1.165) is 18.8 Å². The summed E-state index contributed by atoms with van der Waals surface area (Å²) in [6.45, 7) is 5.23.